The summed E-state index contributed by atoms with van der Waals surface area (Å²) in [6.07, 6.45) is 3.25. The number of pyridine rings is 1. The smallest absolute Gasteiger partial charge is 0.259 e. The molecule has 2 aliphatic rings. The fraction of sp³-hybridized carbons (Fsp3) is 0.500. The molecular weight excluding hydrogens is 392 g/mol. The van der Waals surface area contributed by atoms with Gasteiger partial charge in [0.1, 0.15) is 5.56 Å². The minimum Gasteiger partial charge on any atom is -0.350 e. The summed E-state index contributed by atoms with van der Waals surface area (Å²) >= 11 is 0. The molecule has 2 aliphatic heterocycles. The van der Waals surface area contributed by atoms with Gasteiger partial charge < -0.3 is 14.4 Å². The van der Waals surface area contributed by atoms with Crippen LogP contribution in [0.1, 0.15) is 23.2 Å². The summed E-state index contributed by atoms with van der Waals surface area (Å²) < 4.78 is 29.0. The third-order valence-corrected chi connectivity index (χ3v) is 7.78. The highest BCUT2D eigenvalue weighted by Crippen LogP contribution is 2.23. The summed E-state index contributed by atoms with van der Waals surface area (Å²) in [5.41, 5.74) is 0.270. The number of piperazine rings is 1. The number of sulfonamides is 1. The van der Waals surface area contributed by atoms with E-state index in [1.807, 2.05) is 7.05 Å². The van der Waals surface area contributed by atoms with Crippen LogP contribution in [0.2, 0.25) is 0 Å². The van der Waals surface area contributed by atoms with Crippen molar-refractivity contribution in [3.8, 4) is 0 Å². The molecular formula is C20H26N4O4S. The van der Waals surface area contributed by atoms with E-state index in [-0.39, 0.29) is 21.8 Å². The Morgan fingerprint density at radius 2 is 1.62 bits per heavy atom. The number of amides is 1. The van der Waals surface area contributed by atoms with Gasteiger partial charge in [0.15, 0.2) is 0 Å². The summed E-state index contributed by atoms with van der Waals surface area (Å²) in [5.74, 6) is -0.298. The van der Waals surface area contributed by atoms with Gasteiger partial charge in [-0.3, -0.25) is 9.59 Å². The van der Waals surface area contributed by atoms with Crippen LogP contribution in [0.4, 0.5) is 0 Å². The Morgan fingerprint density at radius 3 is 2.28 bits per heavy atom. The number of carbonyl (C=O) groups is 1. The van der Waals surface area contributed by atoms with Gasteiger partial charge >= 0.3 is 0 Å². The Hall–Kier alpha value is -2.23. The summed E-state index contributed by atoms with van der Waals surface area (Å²) in [7, 11) is 0.125. The third-order valence-electron chi connectivity index (χ3n) is 5.88. The van der Waals surface area contributed by atoms with Gasteiger partial charge in [-0.05, 0) is 38.1 Å². The van der Waals surface area contributed by atoms with Crippen molar-refractivity contribution in [2.24, 2.45) is 7.05 Å². The largest absolute Gasteiger partial charge is 0.350 e. The molecule has 156 valence electrons. The quantitative estimate of drug-likeness (QED) is 0.733. The fourth-order valence-electron chi connectivity index (χ4n) is 4.04. The van der Waals surface area contributed by atoms with Crippen LogP contribution in [-0.2, 0) is 17.1 Å². The molecule has 0 spiro atoms. The van der Waals surface area contributed by atoms with Crippen LogP contribution in [-0.4, -0.2) is 79.3 Å². The molecule has 0 atom stereocenters. The number of fused-ring (bicyclic) bond motifs is 1. The number of benzene rings is 1. The molecule has 2 saturated heterocycles. The molecule has 0 radical (unpaired) electrons. The Morgan fingerprint density at radius 1 is 0.966 bits per heavy atom. The van der Waals surface area contributed by atoms with Gasteiger partial charge in [-0.1, -0.05) is 0 Å². The Balaban J connectivity index is 1.77. The van der Waals surface area contributed by atoms with Crippen LogP contribution >= 0.6 is 0 Å². The van der Waals surface area contributed by atoms with E-state index >= 15 is 0 Å². The van der Waals surface area contributed by atoms with Gasteiger partial charge in [-0.2, -0.15) is 4.31 Å². The zero-order valence-corrected chi connectivity index (χ0v) is 17.6. The fourth-order valence-corrected chi connectivity index (χ4v) is 5.59. The molecule has 29 heavy (non-hydrogen) atoms. The number of nitrogens with zero attached hydrogens (tertiary/aromatic N) is 4. The van der Waals surface area contributed by atoms with Crippen LogP contribution in [0.3, 0.4) is 0 Å². The van der Waals surface area contributed by atoms with E-state index in [2.05, 4.69) is 4.90 Å². The van der Waals surface area contributed by atoms with Gasteiger partial charge in [0.2, 0.25) is 15.5 Å². The first-order chi connectivity index (χ1) is 13.8. The van der Waals surface area contributed by atoms with E-state index < -0.39 is 15.5 Å². The lowest BCUT2D eigenvalue weighted by atomic mass is 10.1. The second-order valence-electron chi connectivity index (χ2n) is 7.87. The molecule has 2 aromatic rings. The van der Waals surface area contributed by atoms with E-state index in [0.717, 1.165) is 25.9 Å². The zero-order valence-electron chi connectivity index (χ0n) is 16.8. The van der Waals surface area contributed by atoms with Gasteiger partial charge in [0.05, 0.1) is 10.4 Å². The number of aromatic nitrogens is 1. The highest BCUT2D eigenvalue weighted by Gasteiger charge is 2.28. The lowest BCUT2D eigenvalue weighted by molar-refractivity contribution is 0.0662. The van der Waals surface area contributed by atoms with Crippen LogP contribution in [0.25, 0.3) is 10.9 Å². The first-order valence-corrected chi connectivity index (χ1v) is 11.3. The Bertz CT molecular complexity index is 1110. The maximum Gasteiger partial charge on any atom is 0.259 e. The Kier molecular flexibility index (Phi) is 5.22. The summed E-state index contributed by atoms with van der Waals surface area (Å²) in [5, 5.41) is 0.257. The molecule has 1 aromatic carbocycles. The predicted octanol–water partition coefficient (Wildman–Crippen LogP) is 0.711. The average molecular weight is 419 g/mol. The first kappa shape index (κ1) is 20.1. The van der Waals surface area contributed by atoms with E-state index in [4.69, 9.17) is 0 Å². The molecule has 2 fully saturated rings. The van der Waals surface area contributed by atoms with E-state index in [9.17, 15) is 18.0 Å². The molecule has 0 bridgehead atoms. The van der Waals surface area contributed by atoms with Crippen LogP contribution in [0.5, 0.6) is 0 Å². The molecule has 0 saturated carbocycles. The van der Waals surface area contributed by atoms with Gasteiger partial charge in [-0.15, -0.1) is 0 Å². The molecule has 4 rings (SSSR count). The molecule has 8 nitrogen and oxygen atoms in total. The maximum absolute atomic E-state index is 13.1. The van der Waals surface area contributed by atoms with E-state index in [1.165, 1.54) is 16.4 Å². The van der Waals surface area contributed by atoms with Crippen molar-refractivity contribution < 1.29 is 13.2 Å². The number of hydrogen-bond acceptors (Lipinski definition) is 5. The molecule has 1 aromatic heterocycles. The molecule has 9 heteroatoms. The number of rotatable bonds is 3. The van der Waals surface area contributed by atoms with Crippen molar-refractivity contribution in [1.82, 2.24) is 18.7 Å². The van der Waals surface area contributed by atoms with E-state index in [0.29, 0.717) is 31.7 Å². The molecule has 1 amide bonds. The van der Waals surface area contributed by atoms with Crippen LogP contribution in [0, 0.1) is 0 Å². The SMILES string of the molecule is CN1CCN(C(=O)c2cn(C)c3ccc(S(=O)(=O)N4CCCC4)cc3c2=O)CC1. The van der Waals surface area contributed by atoms with E-state index in [1.54, 1.807) is 28.8 Å². The highest BCUT2D eigenvalue weighted by atomic mass is 32.2. The van der Waals surface area contributed by atoms with Gasteiger partial charge in [0, 0.05) is 57.9 Å². The molecule has 3 heterocycles. The zero-order chi connectivity index (χ0) is 20.8. The third kappa shape index (κ3) is 3.58. The van der Waals surface area contributed by atoms with Crippen molar-refractivity contribution in [2.45, 2.75) is 17.7 Å². The Labute approximate surface area is 170 Å². The second-order valence-corrected chi connectivity index (χ2v) is 9.81. The lowest BCUT2D eigenvalue weighted by Crippen LogP contribution is -2.48. The molecule has 0 N–H and O–H groups in total. The monoisotopic (exact) mass is 418 g/mol. The summed E-state index contributed by atoms with van der Waals surface area (Å²) in [6.45, 7) is 3.66. The minimum absolute atomic E-state index is 0.0836. The minimum atomic E-state index is -3.64. The van der Waals surface area contributed by atoms with Crippen molar-refractivity contribution in [3.63, 3.8) is 0 Å². The van der Waals surface area contributed by atoms with Crippen molar-refractivity contribution >= 4 is 26.8 Å². The topological polar surface area (TPSA) is 82.9 Å². The number of carbonyl (C=O) groups excluding carboxylic acids is 1. The van der Waals surface area contributed by atoms with Gasteiger partial charge in [-0.25, -0.2) is 8.42 Å². The maximum atomic E-state index is 13.1. The number of hydrogen-bond donors (Lipinski definition) is 0. The summed E-state index contributed by atoms with van der Waals surface area (Å²) in [6, 6.07) is 4.60. The standard InChI is InChI=1S/C20H26N4O4S/c1-21-9-11-23(12-10-21)20(26)17-14-22(2)18-6-5-15(13-16(18)19(17)25)29(27,28)24-7-3-4-8-24/h5-6,13-14H,3-4,7-12H2,1-2H3. The number of likely N-dealkylation sites (N-methyl/N-ethyl adjacent to an activating group) is 1. The summed E-state index contributed by atoms with van der Waals surface area (Å²) in [4.78, 5) is 30.1. The molecule has 0 unspecified atom stereocenters. The van der Waals surface area contributed by atoms with Crippen molar-refractivity contribution in [3.05, 3.63) is 40.2 Å². The van der Waals surface area contributed by atoms with Crippen LogP contribution in [0.15, 0.2) is 34.1 Å². The predicted molar refractivity (Wildman–Crippen MR) is 111 cm³/mol. The first-order valence-electron chi connectivity index (χ1n) is 9.90. The van der Waals surface area contributed by atoms with Crippen molar-refractivity contribution in [2.75, 3.05) is 46.3 Å². The molecule has 0 aliphatic carbocycles. The second kappa shape index (κ2) is 7.55. The normalized spacial score (nSPS) is 19.2. The highest BCUT2D eigenvalue weighted by molar-refractivity contribution is 7.89. The average Bonchev–Trinajstić information content (AvgIpc) is 3.26. The van der Waals surface area contributed by atoms with Crippen molar-refractivity contribution in [1.29, 1.82) is 0 Å². The van der Waals surface area contributed by atoms with Crippen LogP contribution < -0.4 is 5.43 Å². The lowest BCUT2D eigenvalue weighted by Gasteiger charge is -2.32. The number of aryl methyl sites for hydroxylation is 1. The van der Waals surface area contributed by atoms with Gasteiger partial charge in [0.25, 0.3) is 5.91 Å².